The van der Waals surface area contributed by atoms with Crippen molar-refractivity contribution in [1.82, 2.24) is 4.90 Å². The summed E-state index contributed by atoms with van der Waals surface area (Å²) in [6.45, 7) is 4.74. The molecule has 2 unspecified atom stereocenters. The van der Waals surface area contributed by atoms with Crippen LogP contribution in [-0.4, -0.2) is 25.0 Å². The van der Waals surface area contributed by atoms with Gasteiger partial charge < -0.3 is 4.90 Å². The minimum Gasteiger partial charge on any atom is -0.305 e. The van der Waals surface area contributed by atoms with Crippen LogP contribution in [0.25, 0.3) is 0 Å². The number of hydrogen-bond acceptors (Lipinski definition) is 1. The highest BCUT2D eigenvalue weighted by Gasteiger charge is 2.30. The van der Waals surface area contributed by atoms with Crippen LogP contribution in [0, 0.1) is 11.8 Å². The summed E-state index contributed by atoms with van der Waals surface area (Å²) in [7, 11) is 2.21. The average Bonchev–Trinajstić information content (AvgIpc) is 2.31. The van der Waals surface area contributed by atoms with E-state index in [4.69, 9.17) is 0 Å². The number of nitrogens with zero attached hydrogens (tertiary/aromatic N) is 1. The maximum absolute atomic E-state index is 2.42. The quantitative estimate of drug-likeness (QED) is 0.506. The molecule has 2 rings (SSSR count). The molecule has 0 saturated carbocycles. The topological polar surface area (TPSA) is 3.24 Å². The summed E-state index contributed by atoms with van der Waals surface area (Å²) in [4.78, 5) is 2.42. The lowest BCUT2D eigenvalue weighted by Crippen LogP contribution is -2.14. The monoisotopic (exact) mass is 149 g/mol. The van der Waals surface area contributed by atoms with Crippen molar-refractivity contribution in [3.63, 3.8) is 0 Å². The number of hydrogen-bond donors (Lipinski definition) is 0. The molecule has 0 spiro atoms. The summed E-state index contributed by atoms with van der Waals surface area (Å²) < 4.78 is 0. The fourth-order valence-electron chi connectivity index (χ4n) is 2.18. The molecule has 0 aromatic carbocycles. The van der Waals surface area contributed by atoms with Crippen LogP contribution in [0.1, 0.15) is 6.92 Å². The second kappa shape index (κ2) is 2.49. The van der Waals surface area contributed by atoms with Gasteiger partial charge in [-0.05, 0) is 19.9 Å². The van der Waals surface area contributed by atoms with Crippen molar-refractivity contribution in [3.8, 4) is 0 Å². The molecule has 0 bridgehead atoms. The molecule has 11 heavy (non-hydrogen) atoms. The molecule has 1 fully saturated rings. The second-order valence-electron chi connectivity index (χ2n) is 3.79. The molecule has 1 aliphatic carbocycles. The number of fused-ring (bicyclic) bond motifs is 1. The van der Waals surface area contributed by atoms with Gasteiger partial charge in [-0.3, -0.25) is 0 Å². The first kappa shape index (κ1) is 7.11. The Kier molecular flexibility index (Phi) is 1.61. The Morgan fingerprint density at radius 1 is 1.45 bits per heavy atom. The summed E-state index contributed by atoms with van der Waals surface area (Å²) in [6, 6.07) is 0. The molecule has 0 aromatic rings. The molecule has 60 valence electrons. The molecule has 0 N–H and O–H groups in total. The van der Waals surface area contributed by atoms with Crippen molar-refractivity contribution < 1.29 is 0 Å². The Hall–Kier alpha value is -0.560. The van der Waals surface area contributed by atoms with E-state index in [-0.39, 0.29) is 0 Å². The minimum absolute atomic E-state index is 0.796. The van der Waals surface area contributed by atoms with E-state index >= 15 is 0 Å². The number of rotatable bonds is 0. The molecular weight excluding hydrogens is 134 g/mol. The van der Waals surface area contributed by atoms with E-state index in [1.165, 1.54) is 13.1 Å². The van der Waals surface area contributed by atoms with Gasteiger partial charge >= 0.3 is 0 Å². The zero-order valence-corrected chi connectivity index (χ0v) is 7.25. The largest absolute Gasteiger partial charge is 0.305 e. The van der Waals surface area contributed by atoms with Crippen LogP contribution in [0.2, 0.25) is 0 Å². The molecule has 2 atom stereocenters. The van der Waals surface area contributed by atoms with Crippen molar-refractivity contribution in [1.29, 1.82) is 0 Å². The van der Waals surface area contributed by atoms with Crippen LogP contribution in [0.5, 0.6) is 0 Å². The molecule has 2 aliphatic rings. The number of allylic oxidation sites excluding steroid dienone is 2. The molecule has 1 heterocycles. The highest BCUT2D eigenvalue weighted by atomic mass is 15.1. The maximum Gasteiger partial charge on any atom is 0.00504 e. The fraction of sp³-hybridized carbons (Fsp3) is 0.600. The van der Waals surface area contributed by atoms with Crippen LogP contribution < -0.4 is 0 Å². The normalized spacial score (nSPS) is 37.1. The summed E-state index contributed by atoms with van der Waals surface area (Å²) in [6.07, 6.45) is 6.80. The van der Waals surface area contributed by atoms with Crippen molar-refractivity contribution in [2.75, 3.05) is 20.1 Å². The van der Waals surface area contributed by atoms with Gasteiger partial charge in [-0.25, -0.2) is 0 Å². The zero-order chi connectivity index (χ0) is 7.84. The molecule has 0 radical (unpaired) electrons. The average molecular weight is 149 g/mol. The van der Waals surface area contributed by atoms with E-state index in [0.29, 0.717) is 0 Å². The van der Waals surface area contributed by atoms with Crippen LogP contribution >= 0.6 is 0 Å². The van der Waals surface area contributed by atoms with Crippen molar-refractivity contribution in [2.45, 2.75) is 6.92 Å². The van der Waals surface area contributed by atoms with Crippen LogP contribution in [0.4, 0.5) is 0 Å². The summed E-state index contributed by atoms with van der Waals surface area (Å²) in [5.41, 5.74) is 1.56. The molecule has 0 aromatic heterocycles. The summed E-state index contributed by atoms with van der Waals surface area (Å²) >= 11 is 0. The van der Waals surface area contributed by atoms with Gasteiger partial charge in [0.25, 0.3) is 0 Å². The van der Waals surface area contributed by atoms with E-state index < -0.39 is 0 Å². The predicted octanol–water partition coefficient (Wildman–Crippen LogP) is 1.68. The van der Waals surface area contributed by atoms with Gasteiger partial charge in [0, 0.05) is 19.0 Å². The Balaban J connectivity index is 2.21. The predicted molar refractivity (Wildman–Crippen MR) is 47.4 cm³/mol. The summed E-state index contributed by atoms with van der Waals surface area (Å²) in [5.74, 6) is 1.61. The van der Waals surface area contributed by atoms with Crippen molar-refractivity contribution in [2.24, 2.45) is 11.8 Å². The van der Waals surface area contributed by atoms with Gasteiger partial charge in [0.2, 0.25) is 0 Å². The lowest BCUT2D eigenvalue weighted by Gasteiger charge is -2.18. The standard InChI is InChI=1S/C10H15N/c1-8-4-3-5-9-6-11(2)7-10(8)9/h3-5,9-10H,6-7H2,1-2H3. The van der Waals surface area contributed by atoms with Gasteiger partial charge in [-0.15, -0.1) is 0 Å². The first-order valence-electron chi connectivity index (χ1n) is 4.31. The Morgan fingerprint density at radius 2 is 2.27 bits per heavy atom. The molecular formula is C10H15N. The molecule has 0 amide bonds. The lowest BCUT2D eigenvalue weighted by molar-refractivity contribution is 0.402. The van der Waals surface area contributed by atoms with Crippen LogP contribution in [-0.2, 0) is 0 Å². The summed E-state index contributed by atoms with van der Waals surface area (Å²) in [5, 5.41) is 0. The van der Waals surface area contributed by atoms with Gasteiger partial charge in [-0.2, -0.15) is 0 Å². The first-order valence-corrected chi connectivity index (χ1v) is 4.31. The van der Waals surface area contributed by atoms with Crippen molar-refractivity contribution in [3.05, 3.63) is 23.8 Å². The lowest BCUT2D eigenvalue weighted by atomic mass is 9.86. The third kappa shape index (κ3) is 1.14. The van der Waals surface area contributed by atoms with Gasteiger partial charge in [-0.1, -0.05) is 23.8 Å². The molecule has 1 saturated heterocycles. The number of likely N-dealkylation sites (tertiary alicyclic amines) is 1. The highest BCUT2D eigenvalue weighted by molar-refractivity contribution is 5.24. The molecule has 1 nitrogen and oxygen atoms in total. The Bertz CT molecular complexity index is 215. The van der Waals surface area contributed by atoms with Crippen molar-refractivity contribution >= 4 is 0 Å². The molecule has 1 aliphatic heterocycles. The Labute approximate surface area is 68.4 Å². The molecule has 1 heteroatoms. The zero-order valence-electron chi connectivity index (χ0n) is 7.25. The highest BCUT2D eigenvalue weighted by Crippen LogP contribution is 2.31. The van der Waals surface area contributed by atoms with Gasteiger partial charge in [0.1, 0.15) is 0 Å². The van der Waals surface area contributed by atoms with E-state index in [2.05, 4.69) is 37.1 Å². The van der Waals surface area contributed by atoms with Gasteiger partial charge in [0.05, 0.1) is 0 Å². The van der Waals surface area contributed by atoms with Gasteiger partial charge in [0.15, 0.2) is 0 Å². The van der Waals surface area contributed by atoms with E-state index in [0.717, 1.165) is 11.8 Å². The minimum atomic E-state index is 0.796. The van der Waals surface area contributed by atoms with E-state index in [1.54, 1.807) is 5.57 Å². The van der Waals surface area contributed by atoms with Crippen LogP contribution in [0.15, 0.2) is 23.8 Å². The van der Waals surface area contributed by atoms with Crippen LogP contribution in [0.3, 0.4) is 0 Å². The first-order chi connectivity index (χ1) is 5.27. The third-order valence-electron chi connectivity index (χ3n) is 2.85. The van der Waals surface area contributed by atoms with E-state index in [9.17, 15) is 0 Å². The maximum atomic E-state index is 2.42. The second-order valence-corrected chi connectivity index (χ2v) is 3.79. The third-order valence-corrected chi connectivity index (χ3v) is 2.85. The fourth-order valence-corrected chi connectivity index (χ4v) is 2.18. The smallest absolute Gasteiger partial charge is 0.00504 e. The Morgan fingerprint density at radius 3 is 3.00 bits per heavy atom. The SMILES string of the molecule is CC1=CC=CC2CN(C)CC12. The van der Waals surface area contributed by atoms with E-state index in [1.807, 2.05) is 0 Å².